The molecule has 2 atom stereocenters. The van der Waals surface area contributed by atoms with Gasteiger partial charge in [-0.05, 0) is 43.7 Å². The predicted octanol–water partition coefficient (Wildman–Crippen LogP) is 5.42. The van der Waals surface area contributed by atoms with Crippen LogP contribution < -0.4 is 21.5 Å². The Morgan fingerprint density at radius 1 is 1.09 bits per heavy atom. The molecule has 1 fully saturated rings. The maximum absolute atomic E-state index is 12.6. The third kappa shape index (κ3) is 5.40. The van der Waals surface area contributed by atoms with Gasteiger partial charge in [0.2, 0.25) is 5.56 Å². The van der Waals surface area contributed by atoms with E-state index in [1.165, 1.54) is 19.6 Å². The number of nitrogens with zero attached hydrogens (tertiary/aromatic N) is 1. The number of rotatable bonds is 7. The molecule has 3 heterocycles. The van der Waals surface area contributed by atoms with Crippen LogP contribution in [0.3, 0.4) is 0 Å². The van der Waals surface area contributed by atoms with Crippen LogP contribution in [0.15, 0.2) is 72.9 Å². The molecule has 0 amide bonds. The fourth-order valence-electron chi connectivity index (χ4n) is 4.57. The van der Waals surface area contributed by atoms with Gasteiger partial charge in [0, 0.05) is 67.8 Å². The van der Waals surface area contributed by atoms with E-state index in [2.05, 4.69) is 71.5 Å². The first-order valence-electron chi connectivity index (χ1n) is 12.2. The van der Waals surface area contributed by atoms with E-state index in [-0.39, 0.29) is 17.6 Å². The average Bonchev–Trinajstić information content (AvgIpc) is 2.87. The molecule has 1 saturated heterocycles. The highest BCUT2D eigenvalue weighted by Crippen LogP contribution is 2.52. The summed E-state index contributed by atoms with van der Waals surface area (Å²) < 4.78 is 5.48. The molecular formula is C27H32N4O2S2. The molecule has 6 nitrogen and oxygen atoms in total. The summed E-state index contributed by atoms with van der Waals surface area (Å²) in [5.74, 6) is 0. The third-order valence-corrected chi connectivity index (χ3v) is 9.03. The van der Waals surface area contributed by atoms with Crippen molar-refractivity contribution in [2.75, 3.05) is 36.5 Å². The number of ether oxygens (including phenoxy) is 1. The SMILES string of the molecule is CCCC(Nc1ccc2c(c1)Sc1cccc(-c3cc(N4CCOCC4)cc(=O)[nH]3)c1S2)[C@H](C)N. The Balaban J connectivity index is 1.44. The average molecular weight is 509 g/mol. The van der Waals surface area contributed by atoms with Gasteiger partial charge in [0.15, 0.2) is 0 Å². The van der Waals surface area contributed by atoms with Crippen LogP contribution in [0.2, 0.25) is 0 Å². The molecule has 35 heavy (non-hydrogen) atoms. The molecule has 5 rings (SSSR count). The van der Waals surface area contributed by atoms with E-state index in [1.807, 2.05) is 0 Å². The summed E-state index contributed by atoms with van der Waals surface area (Å²) in [4.78, 5) is 22.7. The van der Waals surface area contributed by atoms with Crippen LogP contribution in [-0.2, 0) is 4.74 Å². The monoisotopic (exact) mass is 508 g/mol. The normalized spacial score (nSPS) is 16.8. The minimum absolute atomic E-state index is 0.0815. The first kappa shape index (κ1) is 24.3. The first-order chi connectivity index (χ1) is 17.0. The Bertz CT molecular complexity index is 1250. The van der Waals surface area contributed by atoms with Crippen molar-refractivity contribution >= 4 is 34.9 Å². The molecule has 1 unspecified atom stereocenters. The van der Waals surface area contributed by atoms with Gasteiger partial charge in [-0.2, -0.15) is 0 Å². The zero-order chi connectivity index (χ0) is 24.4. The Kier molecular flexibility index (Phi) is 7.43. The standard InChI is InChI=1S/C27H32N4O2S2/c1-3-5-21(17(2)28)29-18-8-9-23-25(14-18)34-24-7-4-6-20(27(24)35-23)22-15-19(16-26(32)30-22)31-10-12-33-13-11-31/h4,6-9,14-17,21,29H,3,5,10-13,28H2,1-2H3,(H,30,32)/t17-,21?/m0/s1. The second-order valence-corrected chi connectivity index (χ2v) is 11.2. The zero-order valence-corrected chi connectivity index (χ0v) is 21.8. The van der Waals surface area contributed by atoms with Gasteiger partial charge in [0.25, 0.3) is 0 Å². The summed E-state index contributed by atoms with van der Waals surface area (Å²) in [6.07, 6.45) is 2.14. The highest BCUT2D eigenvalue weighted by atomic mass is 32.2. The molecular weight excluding hydrogens is 476 g/mol. The van der Waals surface area contributed by atoms with E-state index in [0.717, 1.165) is 48.6 Å². The van der Waals surface area contributed by atoms with Crippen LogP contribution in [0.5, 0.6) is 0 Å². The second-order valence-electron chi connectivity index (χ2n) is 9.11. The maximum Gasteiger partial charge on any atom is 0.250 e. The number of aromatic nitrogens is 1. The molecule has 0 spiro atoms. The van der Waals surface area contributed by atoms with Gasteiger partial charge in [-0.25, -0.2) is 0 Å². The van der Waals surface area contributed by atoms with Gasteiger partial charge >= 0.3 is 0 Å². The topological polar surface area (TPSA) is 83.4 Å². The number of hydrogen-bond donors (Lipinski definition) is 3. The van der Waals surface area contributed by atoms with Crippen LogP contribution in [0.4, 0.5) is 11.4 Å². The number of benzene rings is 2. The van der Waals surface area contributed by atoms with Crippen molar-refractivity contribution < 1.29 is 4.74 Å². The summed E-state index contributed by atoms with van der Waals surface area (Å²) in [7, 11) is 0. The molecule has 3 aromatic rings. The summed E-state index contributed by atoms with van der Waals surface area (Å²) in [6, 6.07) is 17.0. The van der Waals surface area contributed by atoms with E-state index >= 15 is 0 Å². The molecule has 2 aromatic carbocycles. The van der Waals surface area contributed by atoms with Crippen molar-refractivity contribution in [3.05, 3.63) is 58.9 Å². The number of H-pyrrole nitrogens is 1. The largest absolute Gasteiger partial charge is 0.381 e. The minimum atomic E-state index is -0.0815. The van der Waals surface area contributed by atoms with Crippen LogP contribution in [0.1, 0.15) is 26.7 Å². The number of aromatic amines is 1. The number of anilines is 2. The van der Waals surface area contributed by atoms with Crippen LogP contribution >= 0.6 is 23.5 Å². The molecule has 4 N–H and O–H groups in total. The molecule has 0 radical (unpaired) electrons. The van der Waals surface area contributed by atoms with Gasteiger partial charge in [-0.3, -0.25) is 4.79 Å². The lowest BCUT2D eigenvalue weighted by Crippen LogP contribution is -2.37. The third-order valence-electron chi connectivity index (χ3n) is 6.44. The number of nitrogens with one attached hydrogen (secondary N) is 2. The lowest BCUT2D eigenvalue weighted by Gasteiger charge is -2.29. The van der Waals surface area contributed by atoms with Crippen molar-refractivity contribution in [3.8, 4) is 11.3 Å². The summed E-state index contributed by atoms with van der Waals surface area (Å²) in [5.41, 5.74) is 10.1. The quantitative estimate of drug-likeness (QED) is 0.307. The molecule has 2 aliphatic rings. The lowest BCUT2D eigenvalue weighted by molar-refractivity contribution is 0.122. The van der Waals surface area contributed by atoms with Crippen molar-refractivity contribution in [1.82, 2.24) is 4.98 Å². The van der Waals surface area contributed by atoms with Crippen LogP contribution in [0, 0.1) is 0 Å². The number of fused-ring (bicyclic) bond motifs is 2. The molecule has 0 saturated carbocycles. The highest BCUT2D eigenvalue weighted by molar-refractivity contribution is 8.05. The van der Waals surface area contributed by atoms with Gasteiger partial charge in [0.1, 0.15) is 0 Å². The first-order valence-corrected chi connectivity index (χ1v) is 13.9. The number of hydrogen-bond acceptors (Lipinski definition) is 7. The van der Waals surface area contributed by atoms with Crippen LogP contribution in [0.25, 0.3) is 11.3 Å². The van der Waals surface area contributed by atoms with Gasteiger partial charge in [0.05, 0.1) is 18.9 Å². The Morgan fingerprint density at radius 2 is 1.91 bits per heavy atom. The number of morpholine rings is 1. The second kappa shape index (κ2) is 10.7. The van der Waals surface area contributed by atoms with E-state index < -0.39 is 0 Å². The van der Waals surface area contributed by atoms with E-state index in [0.29, 0.717) is 13.2 Å². The van der Waals surface area contributed by atoms with Crippen LogP contribution in [-0.4, -0.2) is 43.4 Å². The van der Waals surface area contributed by atoms with E-state index in [1.54, 1.807) is 29.6 Å². The predicted molar refractivity (Wildman–Crippen MR) is 146 cm³/mol. The molecule has 184 valence electrons. The maximum atomic E-state index is 12.6. The zero-order valence-electron chi connectivity index (χ0n) is 20.2. The number of pyridine rings is 1. The summed E-state index contributed by atoms with van der Waals surface area (Å²) >= 11 is 3.55. The fraction of sp³-hybridized carbons (Fsp3) is 0.370. The van der Waals surface area contributed by atoms with Gasteiger partial charge < -0.3 is 25.7 Å². The molecule has 0 bridgehead atoms. The van der Waals surface area contributed by atoms with Crippen molar-refractivity contribution in [2.24, 2.45) is 5.73 Å². The van der Waals surface area contributed by atoms with Crippen molar-refractivity contribution in [2.45, 2.75) is 58.4 Å². The van der Waals surface area contributed by atoms with Gasteiger partial charge in [-0.15, -0.1) is 0 Å². The fourth-order valence-corrected chi connectivity index (χ4v) is 6.99. The highest BCUT2D eigenvalue weighted by Gasteiger charge is 2.23. The Labute approximate surface area is 215 Å². The number of nitrogens with two attached hydrogens (primary N) is 1. The smallest absolute Gasteiger partial charge is 0.250 e. The molecule has 8 heteroatoms. The summed E-state index contributed by atoms with van der Waals surface area (Å²) in [5, 5.41) is 3.63. The minimum Gasteiger partial charge on any atom is -0.381 e. The Morgan fingerprint density at radius 3 is 2.69 bits per heavy atom. The van der Waals surface area contributed by atoms with Crippen molar-refractivity contribution in [3.63, 3.8) is 0 Å². The van der Waals surface area contributed by atoms with E-state index in [4.69, 9.17) is 10.5 Å². The summed E-state index contributed by atoms with van der Waals surface area (Å²) in [6.45, 7) is 7.22. The van der Waals surface area contributed by atoms with E-state index in [9.17, 15) is 4.79 Å². The molecule has 0 aliphatic carbocycles. The Hall–Kier alpha value is -2.39. The van der Waals surface area contributed by atoms with Gasteiger partial charge in [-0.1, -0.05) is 49.0 Å². The molecule has 1 aromatic heterocycles. The lowest BCUT2D eigenvalue weighted by atomic mass is 10.1. The van der Waals surface area contributed by atoms with Crippen molar-refractivity contribution in [1.29, 1.82) is 0 Å². The molecule has 2 aliphatic heterocycles.